The predicted molar refractivity (Wildman–Crippen MR) is 73.5 cm³/mol. The average Bonchev–Trinajstić information content (AvgIpc) is 2.79. The molecule has 2 N–H and O–H groups in total. The number of fused-ring (bicyclic) bond motifs is 3. The highest BCUT2D eigenvalue weighted by atomic mass is 32.1. The molecule has 0 fully saturated rings. The van der Waals surface area contributed by atoms with Gasteiger partial charge in [0.1, 0.15) is 0 Å². The Hall–Kier alpha value is -1.39. The zero-order valence-electron chi connectivity index (χ0n) is 9.97. The molecule has 0 aliphatic rings. The van der Waals surface area contributed by atoms with Crippen molar-refractivity contribution in [1.29, 1.82) is 0 Å². The van der Waals surface area contributed by atoms with Gasteiger partial charge in [-0.3, -0.25) is 4.68 Å². The van der Waals surface area contributed by atoms with Gasteiger partial charge in [0.25, 0.3) is 0 Å². The number of aryl methyl sites for hydroxylation is 1. The van der Waals surface area contributed by atoms with Crippen molar-refractivity contribution >= 4 is 32.3 Å². The molecule has 0 bridgehead atoms. The molecule has 17 heavy (non-hydrogen) atoms. The fourth-order valence-electron chi connectivity index (χ4n) is 2.23. The van der Waals surface area contributed by atoms with E-state index in [0.717, 1.165) is 6.54 Å². The Balaban J connectivity index is 2.33. The Kier molecular flexibility index (Phi) is 2.42. The monoisotopic (exact) mass is 245 g/mol. The number of rotatable bonds is 2. The summed E-state index contributed by atoms with van der Waals surface area (Å²) in [6, 6.07) is 6.67. The molecule has 0 saturated heterocycles. The van der Waals surface area contributed by atoms with Crippen LogP contribution in [0.5, 0.6) is 0 Å². The van der Waals surface area contributed by atoms with Crippen molar-refractivity contribution in [1.82, 2.24) is 9.78 Å². The van der Waals surface area contributed by atoms with Crippen LogP contribution in [0.15, 0.2) is 24.4 Å². The van der Waals surface area contributed by atoms with E-state index >= 15 is 0 Å². The van der Waals surface area contributed by atoms with Gasteiger partial charge in [0.2, 0.25) is 0 Å². The van der Waals surface area contributed by atoms with Crippen molar-refractivity contribution in [2.24, 2.45) is 5.73 Å². The lowest BCUT2D eigenvalue weighted by atomic mass is 10.2. The van der Waals surface area contributed by atoms with Crippen LogP contribution in [0.3, 0.4) is 0 Å². The molecular weight excluding hydrogens is 230 g/mol. The SMILES string of the molecule is Cc1cc2c(ccc3cnn(C[C@H](C)N)c32)s1. The van der Waals surface area contributed by atoms with Crippen LogP contribution in [-0.4, -0.2) is 15.8 Å². The zero-order valence-corrected chi connectivity index (χ0v) is 10.8. The van der Waals surface area contributed by atoms with E-state index in [1.54, 1.807) is 0 Å². The maximum Gasteiger partial charge on any atom is 0.0769 e. The molecule has 3 nitrogen and oxygen atoms in total. The van der Waals surface area contributed by atoms with E-state index < -0.39 is 0 Å². The lowest BCUT2D eigenvalue weighted by Crippen LogP contribution is -2.22. The first-order valence-corrected chi connectivity index (χ1v) is 6.57. The van der Waals surface area contributed by atoms with Crippen LogP contribution in [0.2, 0.25) is 0 Å². The number of hydrogen-bond donors (Lipinski definition) is 1. The first-order valence-electron chi connectivity index (χ1n) is 5.75. The van der Waals surface area contributed by atoms with Crippen LogP contribution in [0.25, 0.3) is 21.0 Å². The van der Waals surface area contributed by atoms with E-state index in [1.165, 1.54) is 25.9 Å². The van der Waals surface area contributed by atoms with E-state index in [-0.39, 0.29) is 6.04 Å². The van der Waals surface area contributed by atoms with Crippen LogP contribution in [0.1, 0.15) is 11.8 Å². The number of nitrogens with two attached hydrogens (primary N) is 1. The smallest absolute Gasteiger partial charge is 0.0769 e. The van der Waals surface area contributed by atoms with Crippen LogP contribution >= 0.6 is 11.3 Å². The van der Waals surface area contributed by atoms with Gasteiger partial charge in [-0.15, -0.1) is 11.3 Å². The zero-order chi connectivity index (χ0) is 12.0. The van der Waals surface area contributed by atoms with Gasteiger partial charge >= 0.3 is 0 Å². The maximum absolute atomic E-state index is 5.87. The van der Waals surface area contributed by atoms with Crippen molar-refractivity contribution in [3.63, 3.8) is 0 Å². The molecule has 0 aliphatic heterocycles. The Morgan fingerprint density at radius 3 is 3.06 bits per heavy atom. The van der Waals surface area contributed by atoms with Crippen molar-refractivity contribution in [3.05, 3.63) is 29.3 Å². The van der Waals surface area contributed by atoms with Crippen LogP contribution in [0.4, 0.5) is 0 Å². The Morgan fingerprint density at radius 2 is 2.29 bits per heavy atom. The summed E-state index contributed by atoms with van der Waals surface area (Å²) >= 11 is 1.83. The highest BCUT2D eigenvalue weighted by molar-refractivity contribution is 7.19. The minimum atomic E-state index is 0.119. The molecule has 3 aromatic rings. The summed E-state index contributed by atoms with van der Waals surface area (Å²) in [7, 11) is 0. The Morgan fingerprint density at radius 1 is 1.47 bits per heavy atom. The van der Waals surface area contributed by atoms with Gasteiger partial charge < -0.3 is 5.73 Å². The van der Waals surface area contributed by atoms with Crippen LogP contribution in [-0.2, 0) is 6.54 Å². The van der Waals surface area contributed by atoms with Gasteiger partial charge in [0.05, 0.1) is 18.3 Å². The summed E-state index contributed by atoms with van der Waals surface area (Å²) in [5, 5.41) is 6.92. The lowest BCUT2D eigenvalue weighted by Gasteiger charge is -2.07. The topological polar surface area (TPSA) is 43.8 Å². The van der Waals surface area contributed by atoms with Crippen LogP contribution in [0, 0.1) is 6.92 Å². The quantitative estimate of drug-likeness (QED) is 0.754. The van der Waals surface area contributed by atoms with Crippen molar-refractivity contribution < 1.29 is 0 Å². The van der Waals surface area contributed by atoms with E-state index in [9.17, 15) is 0 Å². The lowest BCUT2D eigenvalue weighted by molar-refractivity contribution is 0.554. The second-order valence-electron chi connectivity index (χ2n) is 4.58. The van der Waals surface area contributed by atoms with E-state index in [4.69, 9.17) is 5.73 Å². The molecule has 0 amide bonds. The molecule has 0 radical (unpaired) electrons. The molecule has 4 heteroatoms. The third-order valence-corrected chi connectivity index (χ3v) is 3.90. The van der Waals surface area contributed by atoms with Gasteiger partial charge in [0, 0.05) is 26.4 Å². The number of benzene rings is 1. The maximum atomic E-state index is 5.87. The molecule has 0 spiro atoms. The number of aromatic nitrogens is 2. The minimum Gasteiger partial charge on any atom is -0.326 e. The number of nitrogens with zero attached hydrogens (tertiary/aromatic N) is 2. The second-order valence-corrected chi connectivity index (χ2v) is 5.86. The normalized spacial score (nSPS) is 13.6. The van der Waals surface area contributed by atoms with E-state index in [2.05, 4.69) is 30.2 Å². The molecule has 88 valence electrons. The van der Waals surface area contributed by atoms with Gasteiger partial charge in [0.15, 0.2) is 0 Å². The summed E-state index contributed by atoms with van der Waals surface area (Å²) in [6.45, 7) is 4.91. The molecule has 3 rings (SSSR count). The largest absolute Gasteiger partial charge is 0.326 e. The molecule has 2 heterocycles. The summed E-state index contributed by atoms with van der Waals surface area (Å²) in [6.07, 6.45) is 1.92. The third-order valence-electron chi connectivity index (χ3n) is 2.88. The fraction of sp³-hybridized carbons (Fsp3) is 0.308. The molecule has 0 unspecified atom stereocenters. The van der Waals surface area contributed by atoms with Crippen molar-refractivity contribution in [2.45, 2.75) is 26.4 Å². The minimum absolute atomic E-state index is 0.119. The summed E-state index contributed by atoms with van der Waals surface area (Å²) in [5.74, 6) is 0. The predicted octanol–water partition coefficient (Wildman–Crippen LogP) is 2.91. The first kappa shape index (κ1) is 10.7. The standard InChI is InChI=1S/C13H15N3S/c1-8(14)7-16-13-10(6-15-16)3-4-12-11(13)5-9(2)17-12/h3-6,8H,7,14H2,1-2H3/t8-/m0/s1. The van der Waals surface area contributed by atoms with Gasteiger partial charge in [-0.05, 0) is 32.0 Å². The summed E-state index contributed by atoms with van der Waals surface area (Å²) in [5.41, 5.74) is 7.08. The highest BCUT2D eigenvalue weighted by Crippen LogP contribution is 2.31. The van der Waals surface area contributed by atoms with E-state index in [1.807, 2.05) is 29.1 Å². The second kappa shape index (κ2) is 3.82. The molecule has 0 saturated carbocycles. The molecule has 0 aliphatic carbocycles. The number of thiophene rings is 1. The summed E-state index contributed by atoms with van der Waals surface area (Å²) < 4.78 is 3.34. The highest BCUT2D eigenvalue weighted by Gasteiger charge is 2.10. The Bertz CT molecular complexity index is 678. The van der Waals surface area contributed by atoms with Crippen molar-refractivity contribution in [3.8, 4) is 0 Å². The van der Waals surface area contributed by atoms with Gasteiger partial charge in [-0.25, -0.2) is 0 Å². The van der Waals surface area contributed by atoms with Crippen molar-refractivity contribution in [2.75, 3.05) is 0 Å². The molecule has 1 aromatic carbocycles. The molecular formula is C13H15N3S. The summed E-state index contributed by atoms with van der Waals surface area (Å²) in [4.78, 5) is 1.33. The number of hydrogen-bond acceptors (Lipinski definition) is 3. The fourth-order valence-corrected chi connectivity index (χ4v) is 3.16. The third kappa shape index (κ3) is 1.73. The molecule has 2 aromatic heterocycles. The van der Waals surface area contributed by atoms with E-state index in [0.29, 0.717) is 0 Å². The molecule has 1 atom stereocenters. The van der Waals surface area contributed by atoms with Crippen LogP contribution < -0.4 is 5.73 Å². The Labute approximate surface area is 104 Å². The first-order chi connectivity index (χ1) is 8.15. The van der Waals surface area contributed by atoms with Gasteiger partial charge in [-0.2, -0.15) is 5.10 Å². The van der Waals surface area contributed by atoms with Gasteiger partial charge in [-0.1, -0.05) is 0 Å². The average molecular weight is 245 g/mol.